The normalized spacial score (nSPS) is 15.2. The number of aliphatic imine (C=N–C) groups is 1. The van der Waals surface area contributed by atoms with Crippen LogP contribution < -0.4 is 10.1 Å². The number of hydrogen-bond acceptors (Lipinski definition) is 4. The molecule has 0 fully saturated rings. The smallest absolute Gasteiger partial charge is 0.157 e. The van der Waals surface area contributed by atoms with Crippen molar-refractivity contribution in [2.24, 2.45) is 4.99 Å². The summed E-state index contributed by atoms with van der Waals surface area (Å²) in [6.45, 7) is 1.59. The van der Waals surface area contributed by atoms with Gasteiger partial charge in [-0.1, -0.05) is 60.3 Å². The largest absolute Gasteiger partial charge is 0.494 e. The Morgan fingerprint density at radius 2 is 1.77 bits per heavy atom. The third-order valence-corrected chi connectivity index (χ3v) is 4.41. The number of amidine groups is 1. The molecule has 114 valence electrons. The molecule has 2 aromatic carbocycles. The highest BCUT2D eigenvalue weighted by atomic mass is 32.2. The van der Waals surface area contributed by atoms with Gasteiger partial charge in [0.05, 0.1) is 19.2 Å². The van der Waals surface area contributed by atoms with Gasteiger partial charge in [-0.3, -0.25) is 4.99 Å². The zero-order chi connectivity index (χ0) is 15.0. The molecule has 0 amide bonds. The number of hydrogen-bond donors (Lipinski definition) is 1. The van der Waals surface area contributed by atoms with Gasteiger partial charge in [-0.15, -0.1) is 0 Å². The molecule has 1 unspecified atom stereocenters. The average Bonchev–Trinajstić information content (AvgIpc) is 3.09. The molecule has 22 heavy (non-hydrogen) atoms. The van der Waals surface area contributed by atoms with Crippen molar-refractivity contribution in [2.45, 2.75) is 12.5 Å². The third kappa shape index (κ3) is 4.28. The molecule has 1 aliphatic rings. The van der Waals surface area contributed by atoms with Gasteiger partial charge >= 0.3 is 0 Å². The van der Waals surface area contributed by atoms with Crippen molar-refractivity contribution in [2.75, 3.05) is 18.9 Å². The Kier molecular flexibility index (Phi) is 5.37. The van der Waals surface area contributed by atoms with Crippen molar-refractivity contribution in [3.8, 4) is 5.75 Å². The molecule has 1 N–H and O–H groups in total. The fraction of sp³-hybridized carbons (Fsp3) is 0.278. The van der Waals surface area contributed by atoms with E-state index >= 15 is 0 Å². The summed E-state index contributed by atoms with van der Waals surface area (Å²) in [4.78, 5) is 4.49. The molecular formula is C18H20N2OS. The molecule has 0 aliphatic carbocycles. The second-order valence-corrected chi connectivity index (χ2v) is 6.18. The number of thioether (sulfide) groups is 1. The molecule has 0 saturated heterocycles. The van der Waals surface area contributed by atoms with Gasteiger partial charge in [0, 0.05) is 12.2 Å². The van der Waals surface area contributed by atoms with Gasteiger partial charge in [-0.2, -0.15) is 0 Å². The van der Waals surface area contributed by atoms with Crippen LogP contribution in [0.25, 0.3) is 0 Å². The first-order chi connectivity index (χ1) is 10.9. The molecule has 1 heterocycles. The first kappa shape index (κ1) is 15.0. The summed E-state index contributed by atoms with van der Waals surface area (Å²) in [5.41, 5.74) is 1.27. The summed E-state index contributed by atoms with van der Waals surface area (Å²) < 4.78 is 5.84. The van der Waals surface area contributed by atoms with E-state index in [2.05, 4.69) is 34.6 Å². The summed E-state index contributed by atoms with van der Waals surface area (Å²) in [6, 6.07) is 20.7. The molecule has 3 rings (SSSR count). The first-order valence-electron chi connectivity index (χ1n) is 7.58. The highest BCUT2D eigenvalue weighted by Crippen LogP contribution is 2.21. The average molecular weight is 312 g/mol. The third-order valence-electron chi connectivity index (χ3n) is 3.50. The van der Waals surface area contributed by atoms with Gasteiger partial charge in [0.1, 0.15) is 5.75 Å². The molecule has 1 atom stereocenters. The second-order valence-electron chi connectivity index (χ2n) is 5.09. The van der Waals surface area contributed by atoms with E-state index in [0.717, 1.165) is 29.6 Å². The summed E-state index contributed by atoms with van der Waals surface area (Å²) in [7, 11) is 0. The summed E-state index contributed by atoms with van der Waals surface area (Å²) in [5, 5.41) is 4.60. The minimum atomic E-state index is 0.231. The van der Waals surface area contributed by atoms with E-state index in [1.54, 1.807) is 11.8 Å². The van der Waals surface area contributed by atoms with Crippen molar-refractivity contribution in [1.82, 2.24) is 5.32 Å². The monoisotopic (exact) mass is 312 g/mol. The number of rotatable bonds is 6. The lowest BCUT2D eigenvalue weighted by Crippen LogP contribution is -2.26. The number of ether oxygens (including phenoxy) is 1. The minimum absolute atomic E-state index is 0.231. The lowest BCUT2D eigenvalue weighted by Gasteiger charge is -2.20. The molecule has 0 saturated carbocycles. The zero-order valence-electron chi connectivity index (χ0n) is 12.4. The SMILES string of the molecule is c1ccc(OCCC(NC2=NCCS2)c2ccccc2)cc1. The van der Waals surface area contributed by atoms with E-state index < -0.39 is 0 Å². The Hall–Kier alpha value is -1.94. The van der Waals surface area contributed by atoms with Crippen LogP contribution in [0, 0.1) is 0 Å². The van der Waals surface area contributed by atoms with Gasteiger partial charge in [-0.25, -0.2) is 0 Å². The molecule has 0 spiro atoms. The fourth-order valence-electron chi connectivity index (χ4n) is 2.39. The molecule has 3 nitrogen and oxygen atoms in total. The van der Waals surface area contributed by atoms with Crippen LogP contribution in [0.2, 0.25) is 0 Å². The van der Waals surface area contributed by atoms with Crippen LogP contribution in [0.5, 0.6) is 5.75 Å². The Labute approximate surface area is 135 Å². The Morgan fingerprint density at radius 1 is 1.05 bits per heavy atom. The maximum absolute atomic E-state index is 5.84. The highest BCUT2D eigenvalue weighted by Gasteiger charge is 2.16. The molecule has 2 aromatic rings. The summed E-state index contributed by atoms with van der Waals surface area (Å²) in [6.07, 6.45) is 0.901. The van der Waals surface area contributed by atoms with Crippen molar-refractivity contribution in [3.05, 3.63) is 66.2 Å². The van der Waals surface area contributed by atoms with Crippen molar-refractivity contribution in [1.29, 1.82) is 0 Å². The quantitative estimate of drug-likeness (QED) is 0.878. The van der Waals surface area contributed by atoms with Gasteiger partial charge in [0.2, 0.25) is 0 Å². The van der Waals surface area contributed by atoms with Crippen LogP contribution in [0.4, 0.5) is 0 Å². The molecule has 4 heteroatoms. The molecule has 0 bridgehead atoms. The van der Waals surface area contributed by atoms with E-state index in [4.69, 9.17) is 4.74 Å². The van der Waals surface area contributed by atoms with Crippen molar-refractivity contribution in [3.63, 3.8) is 0 Å². The fourth-order valence-corrected chi connectivity index (χ4v) is 3.17. The van der Waals surface area contributed by atoms with Gasteiger partial charge in [-0.05, 0) is 17.7 Å². The predicted molar refractivity (Wildman–Crippen MR) is 93.6 cm³/mol. The topological polar surface area (TPSA) is 33.6 Å². The second kappa shape index (κ2) is 7.90. The lowest BCUT2D eigenvalue weighted by molar-refractivity contribution is 0.294. The number of benzene rings is 2. The molecule has 1 aliphatic heterocycles. The maximum atomic E-state index is 5.84. The zero-order valence-corrected chi connectivity index (χ0v) is 13.3. The van der Waals surface area contributed by atoms with Crippen LogP contribution in [-0.4, -0.2) is 24.1 Å². The Morgan fingerprint density at radius 3 is 2.45 bits per heavy atom. The van der Waals surface area contributed by atoms with Crippen LogP contribution in [-0.2, 0) is 0 Å². The lowest BCUT2D eigenvalue weighted by atomic mass is 10.0. The van der Waals surface area contributed by atoms with Gasteiger partial charge in [0.15, 0.2) is 5.17 Å². The standard InChI is InChI=1S/C18H20N2OS/c1-3-7-15(8-4-1)17(20-18-19-12-14-22-18)11-13-21-16-9-5-2-6-10-16/h1-10,17H,11-14H2,(H,19,20). The Balaban J connectivity index is 1.61. The number of nitrogens with one attached hydrogen (secondary N) is 1. The minimum Gasteiger partial charge on any atom is -0.494 e. The molecule has 0 radical (unpaired) electrons. The van der Waals surface area contributed by atoms with Crippen LogP contribution in [0.1, 0.15) is 18.0 Å². The van der Waals surface area contributed by atoms with Crippen molar-refractivity contribution >= 4 is 16.9 Å². The van der Waals surface area contributed by atoms with Crippen molar-refractivity contribution < 1.29 is 4.74 Å². The van der Waals surface area contributed by atoms with E-state index in [0.29, 0.717) is 6.61 Å². The predicted octanol–water partition coefficient (Wildman–Crippen LogP) is 3.89. The van der Waals surface area contributed by atoms with E-state index in [9.17, 15) is 0 Å². The van der Waals surface area contributed by atoms with Crippen LogP contribution in [0.3, 0.4) is 0 Å². The summed E-state index contributed by atoms with van der Waals surface area (Å²) >= 11 is 1.79. The number of para-hydroxylation sites is 1. The molecular weight excluding hydrogens is 292 g/mol. The van der Waals surface area contributed by atoms with Gasteiger partial charge < -0.3 is 10.1 Å². The van der Waals surface area contributed by atoms with Crippen LogP contribution >= 0.6 is 11.8 Å². The number of nitrogens with zero attached hydrogens (tertiary/aromatic N) is 1. The highest BCUT2D eigenvalue weighted by molar-refractivity contribution is 8.14. The Bertz CT molecular complexity index is 601. The van der Waals surface area contributed by atoms with E-state index in [1.165, 1.54) is 5.56 Å². The first-order valence-corrected chi connectivity index (χ1v) is 8.57. The maximum Gasteiger partial charge on any atom is 0.157 e. The summed E-state index contributed by atoms with van der Waals surface area (Å²) in [5.74, 6) is 1.99. The molecule has 0 aromatic heterocycles. The van der Waals surface area contributed by atoms with Crippen LogP contribution in [0.15, 0.2) is 65.7 Å². The van der Waals surface area contributed by atoms with Gasteiger partial charge in [0.25, 0.3) is 0 Å². The van der Waals surface area contributed by atoms with E-state index in [1.807, 2.05) is 36.4 Å². The van der Waals surface area contributed by atoms with E-state index in [-0.39, 0.29) is 6.04 Å².